The highest BCUT2D eigenvalue weighted by molar-refractivity contribution is 5.93. The lowest BCUT2D eigenvalue weighted by Crippen LogP contribution is -2.55. The number of amides is 2. The number of furan rings is 1. The van der Waals surface area contributed by atoms with Gasteiger partial charge in [-0.2, -0.15) is 0 Å². The Kier molecular flexibility index (Phi) is 4.66. The highest BCUT2D eigenvalue weighted by atomic mass is 16.5. The molecule has 2 amide bonds. The third-order valence-electron chi connectivity index (χ3n) is 4.94. The van der Waals surface area contributed by atoms with E-state index in [4.69, 9.17) is 9.15 Å². The van der Waals surface area contributed by atoms with E-state index in [0.29, 0.717) is 31.9 Å². The van der Waals surface area contributed by atoms with E-state index in [-0.39, 0.29) is 35.6 Å². The van der Waals surface area contributed by atoms with E-state index in [1.165, 1.54) is 18.6 Å². The van der Waals surface area contributed by atoms with Gasteiger partial charge in [0.05, 0.1) is 37.1 Å². The Labute approximate surface area is 150 Å². The first-order valence-electron chi connectivity index (χ1n) is 8.71. The van der Waals surface area contributed by atoms with Gasteiger partial charge in [-0.05, 0) is 25.0 Å². The Bertz CT molecular complexity index is 765. The summed E-state index contributed by atoms with van der Waals surface area (Å²) in [7, 11) is 0. The predicted molar refractivity (Wildman–Crippen MR) is 89.9 cm³/mol. The maximum atomic E-state index is 12.9. The van der Waals surface area contributed by atoms with Crippen molar-refractivity contribution in [2.24, 2.45) is 5.92 Å². The fourth-order valence-corrected chi connectivity index (χ4v) is 3.66. The minimum absolute atomic E-state index is 0.0152. The van der Waals surface area contributed by atoms with Gasteiger partial charge < -0.3 is 19.4 Å². The van der Waals surface area contributed by atoms with E-state index >= 15 is 0 Å². The minimum atomic E-state index is -0.329. The minimum Gasteiger partial charge on any atom is -0.467 e. The number of nitrogens with one attached hydrogen (secondary N) is 1. The third kappa shape index (κ3) is 3.32. The molecule has 8 nitrogen and oxygen atoms in total. The van der Waals surface area contributed by atoms with Crippen molar-refractivity contribution in [3.8, 4) is 0 Å². The molecular formula is C18H20N4O4. The van der Waals surface area contributed by atoms with Gasteiger partial charge in [0.25, 0.3) is 5.91 Å². The second-order valence-electron chi connectivity index (χ2n) is 6.54. The van der Waals surface area contributed by atoms with Crippen molar-refractivity contribution in [3.05, 3.63) is 48.4 Å². The molecule has 2 saturated heterocycles. The average Bonchev–Trinajstić information content (AvgIpc) is 3.37. The smallest absolute Gasteiger partial charge is 0.274 e. The van der Waals surface area contributed by atoms with Gasteiger partial charge in [-0.15, -0.1) is 0 Å². The molecule has 8 heteroatoms. The molecule has 4 heterocycles. The maximum absolute atomic E-state index is 12.9. The van der Waals surface area contributed by atoms with Crippen LogP contribution in [0.1, 0.15) is 29.1 Å². The Morgan fingerprint density at radius 1 is 1.35 bits per heavy atom. The normalized spacial score (nSPS) is 24.9. The first kappa shape index (κ1) is 16.7. The average molecular weight is 356 g/mol. The number of carbonyl (C=O) groups excluding carboxylic acids is 2. The van der Waals surface area contributed by atoms with Gasteiger partial charge in [-0.1, -0.05) is 0 Å². The van der Waals surface area contributed by atoms with Crippen molar-refractivity contribution in [2.75, 3.05) is 13.2 Å². The van der Waals surface area contributed by atoms with Gasteiger partial charge in [-0.3, -0.25) is 14.6 Å². The third-order valence-corrected chi connectivity index (χ3v) is 4.94. The number of carbonyl (C=O) groups is 2. The summed E-state index contributed by atoms with van der Waals surface area (Å²) in [6, 6.07) is 3.57. The number of ether oxygens (including phenoxy) is 1. The van der Waals surface area contributed by atoms with Crippen LogP contribution in [-0.2, 0) is 16.1 Å². The number of fused-ring (bicyclic) bond motifs is 1. The second kappa shape index (κ2) is 7.25. The van der Waals surface area contributed by atoms with Gasteiger partial charge in [0.2, 0.25) is 5.91 Å². The Morgan fingerprint density at radius 2 is 2.27 bits per heavy atom. The molecule has 0 aromatic carbocycles. The van der Waals surface area contributed by atoms with Gasteiger partial charge in [0.15, 0.2) is 0 Å². The molecule has 2 aromatic rings. The lowest BCUT2D eigenvalue weighted by molar-refractivity contribution is -0.129. The monoisotopic (exact) mass is 356 g/mol. The van der Waals surface area contributed by atoms with E-state index in [1.54, 1.807) is 23.3 Å². The summed E-state index contributed by atoms with van der Waals surface area (Å²) in [4.78, 5) is 35.3. The molecule has 0 spiro atoms. The van der Waals surface area contributed by atoms with Gasteiger partial charge in [-0.25, -0.2) is 4.98 Å². The fourth-order valence-electron chi connectivity index (χ4n) is 3.66. The van der Waals surface area contributed by atoms with E-state index in [1.807, 2.05) is 0 Å². The predicted octanol–water partition coefficient (Wildman–Crippen LogP) is 1.01. The van der Waals surface area contributed by atoms with Crippen molar-refractivity contribution >= 4 is 11.8 Å². The molecule has 2 aromatic heterocycles. The molecule has 0 bridgehead atoms. The lowest BCUT2D eigenvalue weighted by Gasteiger charge is -2.40. The molecule has 4 rings (SSSR count). The van der Waals surface area contributed by atoms with Crippen LogP contribution in [0.3, 0.4) is 0 Å². The highest BCUT2D eigenvalue weighted by Crippen LogP contribution is 2.32. The topological polar surface area (TPSA) is 97.6 Å². The summed E-state index contributed by atoms with van der Waals surface area (Å²) < 4.78 is 11.0. The standard InChI is InChI=1S/C18H20N4O4/c23-17(21-9-13-2-1-6-25-13)12-8-16-15(3-7-26-16)22(11-12)18(24)14-10-19-4-5-20-14/h1-2,4-6,10,12,15-16H,3,7-9,11H2,(H,21,23)/t12-,15+,16+/m1/s1. The molecule has 1 N–H and O–H groups in total. The van der Waals surface area contributed by atoms with Crippen LogP contribution in [0.15, 0.2) is 41.4 Å². The number of rotatable bonds is 4. The van der Waals surface area contributed by atoms with Crippen LogP contribution in [0.2, 0.25) is 0 Å². The molecule has 3 atom stereocenters. The zero-order valence-corrected chi connectivity index (χ0v) is 14.2. The number of nitrogens with zero attached hydrogens (tertiary/aromatic N) is 3. The molecule has 0 radical (unpaired) electrons. The van der Waals surface area contributed by atoms with Crippen molar-refractivity contribution in [2.45, 2.75) is 31.5 Å². The second-order valence-corrected chi connectivity index (χ2v) is 6.54. The molecule has 26 heavy (non-hydrogen) atoms. The van der Waals surface area contributed by atoms with Crippen LogP contribution >= 0.6 is 0 Å². The van der Waals surface area contributed by atoms with Gasteiger partial charge in [0.1, 0.15) is 11.5 Å². The summed E-state index contributed by atoms with van der Waals surface area (Å²) in [5.41, 5.74) is 0.287. The summed E-state index contributed by atoms with van der Waals surface area (Å²) in [6.07, 6.45) is 7.31. The number of likely N-dealkylation sites (tertiary alicyclic amines) is 1. The van der Waals surface area contributed by atoms with E-state index in [2.05, 4.69) is 15.3 Å². The highest BCUT2D eigenvalue weighted by Gasteiger charge is 2.44. The van der Waals surface area contributed by atoms with Crippen LogP contribution in [0.5, 0.6) is 0 Å². The molecule has 0 saturated carbocycles. The van der Waals surface area contributed by atoms with Crippen LogP contribution in [0.4, 0.5) is 0 Å². The number of piperidine rings is 1. The zero-order chi connectivity index (χ0) is 17.9. The van der Waals surface area contributed by atoms with E-state index < -0.39 is 0 Å². The molecule has 2 aliphatic rings. The summed E-state index contributed by atoms with van der Waals surface area (Å²) in [5, 5.41) is 2.88. The number of aromatic nitrogens is 2. The molecule has 2 aliphatic heterocycles. The maximum Gasteiger partial charge on any atom is 0.274 e. The van der Waals surface area contributed by atoms with Crippen molar-refractivity contribution in [1.82, 2.24) is 20.2 Å². The summed E-state index contributed by atoms with van der Waals surface area (Å²) in [5.74, 6) is 0.0519. The first-order chi connectivity index (χ1) is 12.7. The van der Waals surface area contributed by atoms with Gasteiger partial charge in [0, 0.05) is 25.5 Å². The van der Waals surface area contributed by atoms with E-state index in [9.17, 15) is 9.59 Å². The molecule has 0 unspecified atom stereocenters. The zero-order valence-electron chi connectivity index (χ0n) is 14.2. The summed E-state index contributed by atoms with van der Waals surface area (Å²) >= 11 is 0. The van der Waals surface area contributed by atoms with Crippen molar-refractivity contribution < 1.29 is 18.7 Å². The number of hydrogen-bond donors (Lipinski definition) is 1. The van der Waals surface area contributed by atoms with Crippen LogP contribution in [0.25, 0.3) is 0 Å². The quantitative estimate of drug-likeness (QED) is 0.878. The number of hydrogen-bond acceptors (Lipinski definition) is 6. The molecule has 0 aliphatic carbocycles. The SMILES string of the molecule is O=C(NCc1ccco1)[C@@H]1C[C@@H]2OCC[C@@H]2N(C(=O)c2cnccn2)C1. The van der Waals surface area contributed by atoms with Crippen molar-refractivity contribution in [1.29, 1.82) is 0 Å². The Hall–Kier alpha value is -2.74. The lowest BCUT2D eigenvalue weighted by atomic mass is 9.89. The first-order valence-corrected chi connectivity index (χ1v) is 8.71. The van der Waals surface area contributed by atoms with E-state index in [0.717, 1.165) is 6.42 Å². The van der Waals surface area contributed by atoms with Crippen molar-refractivity contribution in [3.63, 3.8) is 0 Å². The summed E-state index contributed by atoms with van der Waals surface area (Å²) in [6.45, 7) is 1.28. The molecular weight excluding hydrogens is 336 g/mol. The molecule has 2 fully saturated rings. The fraction of sp³-hybridized carbons (Fsp3) is 0.444. The van der Waals surface area contributed by atoms with Crippen LogP contribution in [0, 0.1) is 5.92 Å². The van der Waals surface area contributed by atoms with Crippen LogP contribution < -0.4 is 5.32 Å². The van der Waals surface area contributed by atoms with Crippen LogP contribution in [-0.4, -0.2) is 52.0 Å². The Morgan fingerprint density at radius 3 is 3.04 bits per heavy atom. The van der Waals surface area contributed by atoms with Gasteiger partial charge >= 0.3 is 0 Å². The Balaban J connectivity index is 1.47. The largest absolute Gasteiger partial charge is 0.467 e. The molecule has 136 valence electrons.